The molecule has 3 rings (SSSR count). The Labute approximate surface area is 106 Å². The first-order valence-corrected chi connectivity index (χ1v) is 6.24. The van der Waals surface area contributed by atoms with Crippen LogP contribution in [0.15, 0.2) is 18.5 Å². The number of piperazine rings is 1. The van der Waals surface area contributed by atoms with Crippen LogP contribution in [-0.2, 0) is 9.53 Å². The largest absolute Gasteiger partial charge is 0.464 e. The van der Waals surface area contributed by atoms with E-state index in [1.807, 2.05) is 6.07 Å². The van der Waals surface area contributed by atoms with E-state index in [-0.39, 0.29) is 12.0 Å². The molecule has 2 fully saturated rings. The molecular formula is C12H16N4O2. The molecule has 6 nitrogen and oxygen atoms in total. The van der Waals surface area contributed by atoms with Crippen molar-refractivity contribution in [3.8, 4) is 0 Å². The summed E-state index contributed by atoms with van der Waals surface area (Å²) in [5.41, 5.74) is 0. The SMILES string of the molecule is O=C1C[C@H](N2CCN(c3ncccn3)CC2)CO1. The number of esters is 1. The number of ether oxygens (including phenoxy) is 1. The van der Waals surface area contributed by atoms with E-state index in [0.717, 1.165) is 32.1 Å². The molecule has 3 heterocycles. The van der Waals surface area contributed by atoms with Crippen LogP contribution < -0.4 is 4.90 Å². The minimum atomic E-state index is -0.0752. The van der Waals surface area contributed by atoms with Crippen LogP contribution in [0.5, 0.6) is 0 Å². The fraction of sp³-hybridized carbons (Fsp3) is 0.583. The van der Waals surface area contributed by atoms with Crippen molar-refractivity contribution in [1.29, 1.82) is 0 Å². The molecule has 1 aromatic heterocycles. The Bertz CT molecular complexity index is 417. The van der Waals surface area contributed by atoms with Gasteiger partial charge in [-0.05, 0) is 6.07 Å². The maximum absolute atomic E-state index is 11.1. The van der Waals surface area contributed by atoms with E-state index in [1.165, 1.54) is 0 Å². The van der Waals surface area contributed by atoms with Gasteiger partial charge < -0.3 is 9.64 Å². The Balaban J connectivity index is 1.57. The van der Waals surface area contributed by atoms with Gasteiger partial charge >= 0.3 is 5.97 Å². The average Bonchev–Trinajstić information content (AvgIpc) is 2.87. The van der Waals surface area contributed by atoms with Gasteiger partial charge in [0.05, 0.1) is 12.5 Å². The van der Waals surface area contributed by atoms with Gasteiger partial charge in [-0.2, -0.15) is 0 Å². The molecule has 0 unspecified atom stereocenters. The molecule has 18 heavy (non-hydrogen) atoms. The van der Waals surface area contributed by atoms with E-state index >= 15 is 0 Å². The molecule has 0 spiro atoms. The highest BCUT2D eigenvalue weighted by atomic mass is 16.5. The summed E-state index contributed by atoms with van der Waals surface area (Å²) >= 11 is 0. The molecule has 0 bridgehead atoms. The molecule has 1 atom stereocenters. The number of anilines is 1. The minimum Gasteiger partial charge on any atom is -0.464 e. The van der Waals surface area contributed by atoms with Crippen LogP contribution in [0.3, 0.4) is 0 Å². The molecule has 0 aliphatic carbocycles. The third-order valence-electron chi connectivity index (χ3n) is 3.50. The number of rotatable bonds is 2. The quantitative estimate of drug-likeness (QED) is 0.682. The van der Waals surface area contributed by atoms with Crippen molar-refractivity contribution >= 4 is 11.9 Å². The lowest BCUT2D eigenvalue weighted by Crippen LogP contribution is -2.51. The fourth-order valence-electron chi connectivity index (χ4n) is 2.48. The zero-order valence-corrected chi connectivity index (χ0v) is 10.2. The molecule has 1 aromatic rings. The van der Waals surface area contributed by atoms with Crippen molar-refractivity contribution in [2.45, 2.75) is 12.5 Å². The number of hydrogen-bond acceptors (Lipinski definition) is 6. The van der Waals surface area contributed by atoms with Gasteiger partial charge in [-0.3, -0.25) is 9.69 Å². The standard InChI is InChI=1S/C12H16N4O2/c17-11-8-10(9-18-11)15-4-6-16(7-5-15)12-13-2-1-3-14-12/h1-3,10H,4-9H2/t10-/m0/s1. The highest BCUT2D eigenvalue weighted by Gasteiger charge is 2.31. The fourth-order valence-corrected chi connectivity index (χ4v) is 2.48. The van der Waals surface area contributed by atoms with Crippen LogP contribution in [0.4, 0.5) is 5.95 Å². The van der Waals surface area contributed by atoms with Gasteiger partial charge in [0.1, 0.15) is 6.61 Å². The lowest BCUT2D eigenvalue weighted by atomic mass is 10.2. The summed E-state index contributed by atoms with van der Waals surface area (Å²) in [5.74, 6) is 0.713. The minimum absolute atomic E-state index is 0.0752. The van der Waals surface area contributed by atoms with Gasteiger partial charge in [-0.1, -0.05) is 0 Å². The van der Waals surface area contributed by atoms with Gasteiger partial charge in [0, 0.05) is 38.6 Å². The van der Waals surface area contributed by atoms with E-state index in [9.17, 15) is 4.79 Å². The second kappa shape index (κ2) is 4.89. The van der Waals surface area contributed by atoms with E-state index < -0.39 is 0 Å². The van der Waals surface area contributed by atoms with Crippen molar-refractivity contribution < 1.29 is 9.53 Å². The van der Waals surface area contributed by atoms with Crippen molar-refractivity contribution in [3.05, 3.63) is 18.5 Å². The van der Waals surface area contributed by atoms with E-state index in [2.05, 4.69) is 19.8 Å². The van der Waals surface area contributed by atoms with Crippen LogP contribution in [-0.4, -0.2) is 59.7 Å². The number of cyclic esters (lactones) is 1. The molecule has 2 saturated heterocycles. The zero-order valence-electron chi connectivity index (χ0n) is 10.2. The second-order valence-corrected chi connectivity index (χ2v) is 4.61. The Morgan fingerprint density at radius 2 is 1.89 bits per heavy atom. The van der Waals surface area contributed by atoms with E-state index in [0.29, 0.717) is 13.0 Å². The number of hydrogen-bond donors (Lipinski definition) is 0. The van der Waals surface area contributed by atoms with Crippen molar-refractivity contribution in [1.82, 2.24) is 14.9 Å². The summed E-state index contributed by atoms with van der Waals surface area (Å²) in [7, 11) is 0. The predicted molar refractivity (Wildman–Crippen MR) is 65.2 cm³/mol. The lowest BCUT2D eigenvalue weighted by molar-refractivity contribution is -0.137. The summed E-state index contributed by atoms with van der Waals surface area (Å²) in [6, 6.07) is 2.08. The van der Waals surface area contributed by atoms with E-state index in [1.54, 1.807) is 12.4 Å². The van der Waals surface area contributed by atoms with E-state index in [4.69, 9.17) is 4.74 Å². The molecule has 0 radical (unpaired) electrons. The van der Waals surface area contributed by atoms with Gasteiger partial charge in [0.15, 0.2) is 0 Å². The molecule has 0 saturated carbocycles. The predicted octanol–water partition coefficient (Wildman–Crippen LogP) is -0.0859. The Morgan fingerprint density at radius 3 is 2.50 bits per heavy atom. The monoisotopic (exact) mass is 248 g/mol. The number of aromatic nitrogens is 2. The van der Waals surface area contributed by atoms with Crippen molar-refractivity contribution in [2.24, 2.45) is 0 Å². The normalized spacial score (nSPS) is 25.2. The van der Waals surface area contributed by atoms with Gasteiger partial charge in [-0.25, -0.2) is 9.97 Å². The summed E-state index contributed by atoms with van der Waals surface area (Å²) in [6.45, 7) is 4.20. The first-order valence-electron chi connectivity index (χ1n) is 6.24. The first kappa shape index (κ1) is 11.4. The van der Waals surface area contributed by atoms with Crippen LogP contribution in [0.1, 0.15) is 6.42 Å². The number of carbonyl (C=O) groups is 1. The van der Waals surface area contributed by atoms with Crippen LogP contribution in [0, 0.1) is 0 Å². The molecule has 0 aromatic carbocycles. The molecular weight excluding hydrogens is 232 g/mol. The van der Waals surface area contributed by atoms with Crippen LogP contribution in [0.25, 0.3) is 0 Å². The van der Waals surface area contributed by atoms with Gasteiger partial charge in [-0.15, -0.1) is 0 Å². The zero-order chi connectivity index (χ0) is 12.4. The van der Waals surface area contributed by atoms with Crippen molar-refractivity contribution in [2.75, 3.05) is 37.7 Å². The molecule has 96 valence electrons. The Morgan fingerprint density at radius 1 is 1.17 bits per heavy atom. The van der Waals surface area contributed by atoms with Crippen LogP contribution >= 0.6 is 0 Å². The summed E-state index contributed by atoms with van der Waals surface area (Å²) in [4.78, 5) is 24.1. The first-order chi connectivity index (χ1) is 8.83. The highest BCUT2D eigenvalue weighted by molar-refractivity contribution is 5.72. The maximum Gasteiger partial charge on any atom is 0.307 e. The third kappa shape index (κ3) is 2.28. The topological polar surface area (TPSA) is 58.6 Å². The van der Waals surface area contributed by atoms with Gasteiger partial charge in [0.2, 0.25) is 5.95 Å². The third-order valence-corrected chi connectivity index (χ3v) is 3.50. The molecule has 2 aliphatic heterocycles. The molecule has 6 heteroatoms. The summed E-state index contributed by atoms with van der Waals surface area (Å²) in [6.07, 6.45) is 4.05. The molecule has 0 amide bonds. The van der Waals surface area contributed by atoms with Crippen molar-refractivity contribution in [3.63, 3.8) is 0 Å². The smallest absolute Gasteiger partial charge is 0.307 e. The second-order valence-electron chi connectivity index (χ2n) is 4.61. The summed E-state index contributed by atoms with van der Waals surface area (Å²) in [5, 5.41) is 0. The number of carbonyl (C=O) groups excluding carboxylic acids is 1. The van der Waals surface area contributed by atoms with Crippen LogP contribution in [0.2, 0.25) is 0 Å². The summed E-state index contributed by atoms with van der Waals surface area (Å²) < 4.78 is 5.01. The lowest BCUT2D eigenvalue weighted by Gasteiger charge is -2.36. The Kier molecular flexibility index (Phi) is 3.10. The van der Waals surface area contributed by atoms with Gasteiger partial charge in [0.25, 0.3) is 0 Å². The highest BCUT2D eigenvalue weighted by Crippen LogP contribution is 2.17. The molecule has 0 N–H and O–H groups in total. The number of nitrogens with zero attached hydrogens (tertiary/aromatic N) is 4. The maximum atomic E-state index is 11.1. The molecule has 2 aliphatic rings. The average molecular weight is 248 g/mol. The Hall–Kier alpha value is -1.69.